The predicted octanol–water partition coefficient (Wildman–Crippen LogP) is 2.68. The Morgan fingerprint density at radius 3 is 3.08 bits per heavy atom. The van der Waals surface area contributed by atoms with Crippen LogP contribution in [-0.4, -0.2) is 9.67 Å². The molecule has 72 valence electrons. The Labute approximate surface area is 83.4 Å². The van der Waals surface area contributed by atoms with E-state index in [1.807, 2.05) is 36.0 Å². The second kappa shape index (κ2) is 5.10. The second-order valence-corrected chi connectivity index (χ2v) is 3.18. The van der Waals surface area contributed by atoms with Gasteiger partial charge in [0.15, 0.2) is 0 Å². The van der Waals surface area contributed by atoms with Gasteiger partial charge < -0.3 is 9.67 Å². The van der Waals surface area contributed by atoms with Gasteiger partial charge in [-0.3, -0.25) is 0 Å². The summed E-state index contributed by atoms with van der Waals surface area (Å²) in [5.74, 6) is 0. The summed E-state index contributed by atoms with van der Waals surface area (Å²) in [6, 6.07) is 1.93. The fourth-order valence-corrected chi connectivity index (χ4v) is 1.25. The highest BCUT2D eigenvalue weighted by Gasteiger charge is 2.04. The van der Waals surface area contributed by atoms with E-state index in [0.717, 1.165) is 18.5 Å². The number of halogens is 1. The number of hydrogen-bond donors (Lipinski definition) is 1. The fourth-order valence-electron chi connectivity index (χ4n) is 1.17. The average molecular weight is 200 g/mol. The summed E-state index contributed by atoms with van der Waals surface area (Å²) in [4.78, 5) is 0. The lowest BCUT2D eigenvalue weighted by Gasteiger charge is -2.03. The summed E-state index contributed by atoms with van der Waals surface area (Å²) in [6.07, 6.45) is 6.12. The van der Waals surface area contributed by atoms with Crippen molar-refractivity contribution in [3.63, 3.8) is 0 Å². The molecule has 0 aliphatic heterocycles. The molecule has 0 saturated carbocycles. The molecule has 0 bridgehead atoms. The molecule has 1 rings (SSSR count). The summed E-state index contributed by atoms with van der Waals surface area (Å²) in [5, 5.41) is 9.51. The Hall–Kier alpha value is -0.730. The van der Waals surface area contributed by atoms with Crippen LogP contribution in [0.2, 0.25) is 0 Å². The molecule has 0 amide bonds. The number of nitrogens with zero attached hydrogens (tertiary/aromatic N) is 1. The van der Waals surface area contributed by atoms with E-state index in [0.29, 0.717) is 0 Å². The molecule has 0 aliphatic carbocycles. The number of aliphatic hydroxyl groups excluding tert-OH is 1. The molecule has 0 aliphatic rings. The zero-order chi connectivity index (χ0) is 9.68. The SMILES string of the molecule is CCC(O)c1ccn(CC=CCl)c1. The van der Waals surface area contributed by atoms with Crippen molar-refractivity contribution < 1.29 is 5.11 Å². The summed E-state index contributed by atoms with van der Waals surface area (Å²) < 4.78 is 1.98. The van der Waals surface area contributed by atoms with Crippen molar-refractivity contribution >= 4 is 11.6 Å². The molecule has 1 atom stereocenters. The van der Waals surface area contributed by atoms with Gasteiger partial charge >= 0.3 is 0 Å². The first-order valence-electron chi connectivity index (χ1n) is 4.37. The van der Waals surface area contributed by atoms with Crippen molar-refractivity contribution in [1.29, 1.82) is 0 Å². The van der Waals surface area contributed by atoms with Gasteiger partial charge in [0, 0.05) is 24.5 Å². The van der Waals surface area contributed by atoms with E-state index in [-0.39, 0.29) is 6.10 Å². The van der Waals surface area contributed by atoms with Gasteiger partial charge in [0.25, 0.3) is 0 Å². The molecule has 1 unspecified atom stereocenters. The summed E-state index contributed by atoms with van der Waals surface area (Å²) in [6.45, 7) is 2.71. The summed E-state index contributed by atoms with van der Waals surface area (Å²) in [7, 11) is 0. The number of rotatable bonds is 4. The van der Waals surface area contributed by atoms with Gasteiger partial charge in [-0.15, -0.1) is 0 Å². The maximum Gasteiger partial charge on any atom is 0.0802 e. The molecule has 0 saturated heterocycles. The number of aromatic nitrogens is 1. The third-order valence-electron chi connectivity index (χ3n) is 1.95. The van der Waals surface area contributed by atoms with Gasteiger partial charge in [-0.2, -0.15) is 0 Å². The Morgan fingerprint density at radius 1 is 1.69 bits per heavy atom. The van der Waals surface area contributed by atoms with Crippen LogP contribution in [0.5, 0.6) is 0 Å². The highest BCUT2D eigenvalue weighted by Crippen LogP contribution is 2.15. The lowest BCUT2D eigenvalue weighted by molar-refractivity contribution is 0.173. The molecule has 0 radical (unpaired) electrons. The first-order chi connectivity index (χ1) is 6.27. The highest BCUT2D eigenvalue weighted by atomic mass is 35.5. The molecule has 0 spiro atoms. The minimum Gasteiger partial charge on any atom is -0.388 e. The van der Waals surface area contributed by atoms with Crippen LogP contribution in [0.15, 0.2) is 30.1 Å². The van der Waals surface area contributed by atoms with E-state index in [4.69, 9.17) is 11.6 Å². The standard InChI is InChI=1S/C10H14ClNO/c1-2-10(13)9-4-7-12(8-9)6-3-5-11/h3-5,7-8,10,13H,2,6H2,1H3. The second-order valence-electron chi connectivity index (χ2n) is 2.93. The van der Waals surface area contributed by atoms with Gasteiger partial charge in [0.05, 0.1) is 6.10 Å². The third kappa shape index (κ3) is 2.90. The molecule has 1 N–H and O–H groups in total. The zero-order valence-electron chi connectivity index (χ0n) is 7.65. The van der Waals surface area contributed by atoms with Gasteiger partial charge in [-0.25, -0.2) is 0 Å². The lowest BCUT2D eigenvalue weighted by atomic mass is 10.1. The molecular weight excluding hydrogens is 186 g/mol. The maximum absolute atomic E-state index is 9.51. The number of allylic oxidation sites excluding steroid dienone is 1. The monoisotopic (exact) mass is 199 g/mol. The molecule has 0 fully saturated rings. The van der Waals surface area contributed by atoms with Crippen molar-refractivity contribution in [2.45, 2.75) is 26.0 Å². The Kier molecular flexibility index (Phi) is 4.06. The maximum atomic E-state index is 9.51. The van der Waals surface area contributed by atoms with Crippen molar-refractivity contribution in [2.75, 3.05) is 0 Å². The van der Waals surface area contributed by atoms with Crippen molar-refractivity contribution in [2.24, 2.45) is 0 Å². The van der Waals surface area contributed by atoms with E-state index in [9.17, 15) is 5.11 Å². The number of aliphatic hydroxyl groups is 1. The largest absolute Gasteiger partial charge is 0.388 e. The Morgan fingerprint density at radius 2 is 2.46 bits per heavy atom. The molecule has 1 heterocycles. The normalized spacial score (nSPS) is 13.8. The van der Waals surface area contributed by atoms with Gasteiger partial charge in [-0.05, 0) is 18.1 Å². The minimum absolute atomic E-state index is 0.346. The van der Waals surface area contributed by atoms with Gasteiger partial charge in [0.2, 0.25) is 0 Å². The van der Waals surface area contributed by atoms with E-state index in [2.05, 4.69) is 0 Å². The topological polar surface area (TPSA) is 25.2 Å². The van der Waals surface area contributed by atoms with Crippen LogP contribution in [0, 0.1) is 0 Å². The first-order valence-corrected chi connectivity index (χ1v) is 4.80. The molecule has 1 aromatic heterocycles. The minimum atomic E-state index is -0.346. The number of hydrogen-bond acceptors (Lipinski definition) is 1. The Balaban J connectivity index is 2.63. The molecule has 2 nitrogen and oxygen atoms in total. The van der Waals surface area contributed by atoms with Crippen molar-refractivity contribution in [3.05, 3.63) is 35.6 Å². The molecule has 1 aromatic rings. The Bertz CT molecular complexity index is 280. The van der Waals surface area contributed by atoms with Crippen LogP contribution in [0.1, 0.15) is 25.0 Å². The van der Waals surface area contributed by atoms with Crippen LogP contribution < -0.4 is 0 Å². The van der Waals surface area contributed by atoms with Crippen molar-refractivity contribution in [1.82, 2.24) is 4.57 Å². The van der Waals surface area contributed by atoms with Gasteiger partial charge in [0.1, 0.15) is 0 Å². The molecule has 13 heavy (non-hydrogen) atoms. The van der Waals surface area contributed by atoms with Crippen LogP contribution in [0.4, 0.5) is 0 Å². The third-order valence-corrected chi connectivity index (χ3v) is 2.13. The fraction of sp³-hybridized carbons (Fsp3) is 0.400. The van der Waals surface area contributed by atoms with Crippen LogP contribution in [0.25, 0.3) is 0 Å². The smallest absolute Gasteiger partial charge is 0.0802 e. The quantitative estimate of drug-likeness (QED) is 0.793. The average Bonchev–Trinajstić information content (AvgIpc) is 2.62. The zero-order valence-corrected chi connectivity index (χ0v) is 8.41. The van der Waals surface area contributed by atoms with Gasteiger partial charge in [-0.1, -0.05) is 24.6 Å². The predicted molar refractivity (Wildman–Crippen MR) is 54.7 cm³/mol. The van der Waals surface area contributed by atoms with E-state index < -0.39 is 0 Å². The van der Waals surface area contributed by atoms with Crippen LogP contribution >= 0.6 is 11.6 Å². The highest BCUT2D eigenvalue weighted by molar-refractivity contribution is 6.25. The van der Waals surface area contributed by atoms with Crippen LogP contribution in [0.3, 0.4) is 0 Å². The molecular formula is C10H14ClNO. The van der Waals surface area contributed by atoms with E-state index in [1.165, 1.54) is 5.54 Å². The van der Waals surface area contributed by atoms with E-state index >= 15 is 0 Å². The summed E-state index contributed by atoms with van der Waals surface area (Å²) in [5.41, 5.74) is 2.46. The lowest BCUT2D eigenvalue weighted by Crippen LogP contribution is -1.94. The molecule has 0 aromatic carbocycles. The van der Waals surface area contributed by atoms with Crippen LogP contribution in [-0.2, 0) is 6.54 Å². The van der Waals surface area contributed by atoms with Crippen molar-refractivity contribution in [3.8, 4) is 0 Å². The summed E-state index contributed by atoms with van der Waals surface area (Å²) >= 11 is 5.40. The van der Waals surface area contributed by atoms with E-state index in [1.54, 1.807) is 0 Å². The first kappa shape index (κ1) is 10.4. The molecule has 3 heteroatoms.